The van der Waals surface area contributed by atoms with E-state index in [-0.39, 0.29) is 18.7 Å². The fourth-order valence-corrected chi connectivity index (χ4v) is 4.49. The summed E-state index contributed by atoms with van der Waals surface area (Å²) in [6.07, 6.45) is 6.36. The Morgan fingerprint density at radius 2 is 1.16 bits per heavy atom. The van der Waals surface area contributed by atoms with E-state index >= 15 is 0 Å². The smallest absolute Gasteiger partial charge is 0.330 e. The first-order valence-corrected chi connectivity index (χ1v) is 12.2. The fourth-order valence-electron chi connectivity index (χ4n) is 4.49. The van der Waals surface area contributed by atoms with E-state index in [1.165, 1.54) is 12.2 Å². The first kappa shape index (κ1) is 24.1. The normalized spacial score (nSPS) is 12.6. The Bertz CT molecular complexity index is 1450. The quantitative estimate of drug-likeness (QED) is 0.224. The highest BCUT2D eigenvalue weighted by molar-refractivity contribution is 6.10. The van der Waals surface area contributed by atoms with Crippen molar-refractivity contribution in [2.24, 2.45) is 0 Å². The summed E-state index contributed by atoms with van der Waals surface area (Å²) in [7, 11) is 0. The van der Waals surface area contributed by atoms with Gasteiger partial charge in [-0.25, -0.2) is 9.59 Å². The lowest BCUT2D eigenvalue weighted by Gasteiger charge is -2.14. The van der Waals surface area contributed by atoms with Crippen molar-refractivity contribution < 1.29 is 28.5 Å². The van der Waals surface area contributed by atoms with Crippen LogP contribution in [0.2, 0.25) is 0 Å². The predicted octanol–water partition coefficient (Wildman–Crippen LogP) is 6.54. The van der Waals surface area contributed by atoms with Crippen molar-refractivity contribution in [3.05, 3.63) is 83.9 Å². The summed E-state index contributed by atoms with van der Waals surface area (Å²) in [6, 6.07) is 20.0. The third-order valence-electron chi connectivity index (χ3n) is 6.09. The van der Waals surface area contributed by atoms with Crippen LogP contribution in [0.15, 0.2) is 72.8 Å². The molecule has 6 nitrogen and oxygen atoms in total. The molecule has 0 aromatic heterocycles. The van der Waals surface area contributed by atoms with Gasteiger partial charge in [0.2, 0.25) is 6.79 Å². The van der Waals surface area contributed by atoms with Crippen molar-refractivity contribution in [2.75, 3.05) is 20.0 Å². The van der Waals surface area contributed by atoms with Gasteiger partial charge in [-0.05, 0) is 82.9 Å². The minimum atomic E-state index is -0.369. The van der Waals surface area contributed by atoms with Crippen LogP contribution in [-0.4, -0.2) is 31.9 Å². The maximum atomic E-state index is 11.7. The second-order valence-corrected chi connectivity index (χ2v) is 8.42. The van der Waals surface area contributed by atoms with E-state index in [0.717, 1.165) is 55.3 Å². The summed E-state index contributed by atoms with van der Waals surface area (Å²) < 4.78 is 21.9. The van der Waals surface area contributed by atoms with Crippen LogP contribution in [0, 0.1) is 0 Å². The number of esters is 2. The van der Waals surface area contributed by atoms with Crippen molar-refractivity contribution >= 4 is 45.6 Å². The summed E-state index contributed by atoms with van der Waals surface area (Å²) in [5.74, 6) is 0.735. The zero-order valence-corrected chi connectivity index (χ0v) is 20.7. The molecule has 0 saturated heterocycles. The number of hydrogen-bond acceptors (Lipinski definition) is 6. The molecule has 0 saturated carbocycles. The van der Waals surface area contributed by atoms with E-state index in [1.54, 1.807) is 26.0 Å². The molecule has 0 spiro atoms. The monoisotopic (exact) mass is 494 g/mol. The molecule has 0 radical (unpaired) electrons. The SMILES string of the molecule is CCOC(=O)/C=C/c1ccc2c3c(ccc2c1)OCOc1ccc2cc(/C=C/C(=O)OCC)ccc2c1-3. The lowest BCUT2D eigenvalue weighted by atomic mass is 9.91. The number of benzene rings is 4. The van der Waals surface area contributed by atoms with Crippen LogP contribution in [0.5, 0.6) is 11.5 Å². The van der Waals surface area contributed by atoms with Gasteiger partial charge in [-0.2, -0.15) is 0 Å². The van der Waals surface area contributed by atoms with Crippen LogP contribution in [-0.2, 0) is 19.1 Å². The van der Waals surface area contributed by atoms with Crippen molar-refractivity contribution in [1.29, 1.82) is 0 Å². The predicted molar refractivity (Wildman–Crippen MR) is 144 cm³/mol. The van der Waals surface area contributed by atoms with E-state index in [9.17, 15) is 9.59 Å². The molecule has 186 valence electrons. The van der Waals surface area contributed by atoms with Crippen LogP contribution in [0.3, 0.4) is 0 Å². The Balaban J connectivity index is 1.61. The molecule has 1 aliphatic rings. The van der Waals surface area contributed by atoms with E-state index in [0.29, 0.717) is 13.2 Å². The van der Waals surface area contributed by atoms with Crippen molar-refractivity contribution in [1.82, 2.24) is 0 Å². The number of fused-ring (bicyclic) bond motifs is 7. The average molecular weight is 495 g/mol. The highest BCUT2D eigenvalue weighted by atomic mass is 16.7. The lowest BCUT2D eigenvalue weighted by molar-refractivity contribution is -0.138. The molecule has 4 aromatic carbocycles. The molecule has 4 aromatic rings. The average Bonchev–Trinajstić information content (AvgIpc) is 3.10. The zero-order chi connectivity index (χ0) is 25.8. The number of carbonyl (C=O) groups excluding carboxylic acids is 2. The molecule has 5 rings (SSSR count). The van der Waals surface area contributed by atoms with E-state index < -0.39 is 0 Å². The van der Waals surface area contributed by atoms with Gasteiger partial charge in [-0.3, -0.25) is 0 Å². The number of carbonyl (C=O) groups is 2. The maximum absolute atomic E-state index is 11.7. The highest BCUT2D eigenvalue weighted by Gasteiger charge is 2.22. The fraction of sp³-hybridized carbons (Fsp3) is 0.161. The van der Waals surface area contributed by atoms with E-state index in [4.69, 9.17) is 18.9 Å². The minimum Gasteiger partial charge on any atom is -0.463 e. The Labute approximate surface area is 214 Å². The van der Waals surface area contributed by atoms with Crippen LogP contribution in [0.25, 0.3) is 44.8 Å². The van der Waals surface area contributed by atoms with Gasteiger partial charge in [-0.1, -0.05) is 36.4 Å². The van der Waals surface area contributed by atoms with Gasteiger partial charge < -0.3 is 18.9 Å². The molecule has 0 fully saturated rings. The van der Waals surface area contributed by atoms with Gasteiger partial charge in [0.25, 0.3) is 0 Å². The summed E-state index contributed by atoms with van der Waals surface area (Å²) in [5.41, 5.74) is 3.68. The molecule has 0 unspecified atom stereocenters. The number of rotatable bonds is 6. The molecule has 37 heavy (non-hydrogen) atoms. The molecule has 0 aliphatic carbocycles. The van der Waals surface area contributed by atoms with Crippen LogP contribution < -0.4 is 9.47 Å². The van der Waals surface area contributed by atoms with Crippen LogP contribution in [0.1, 0.15) is 25.0 Å². The first-order chi connectivity index (χ1) is 18.1. The number of hydrogen-bond donors (Lipinski definition) is 0. The second kappa shape index (κ2) is 10.6. The number of ether oxygens (including phenoxy) is 4. The van der Waals surface area contributed by atoms with E-state index in [1.807, 2.05) is 60.7 Å². The molecule has 1 heterocycles. The van der Waals surface area contributed by atoms with Gasteiger partial charge in [0.1, 0.15) is 11.5 Å². The molecule has 0 amide bonds. The summed E-state index contributed by atoms with van der Waals surface area (Å²) in [4.78, 5) is 23.5. The highest BCUT2D eigenvalue weighted by Crippen LogP contribution is 2.47. The third kappa shape index (κ3) is 5.05. The molecular formula is C31H26O6. The molecule has 0 bridgehead atoms. The van der Waals surface area contributed by atoms with Crippen molar-refractivity contribution in [3.63, 3.8) is 0 Å². The second-order valence-electron chi connectivity index (χ2n) is 8.42. The van der Waals surface area contributed by atoms with Gasteiger partial charge in [0, 0.05) is 23.3 Å². The Morgan fingerprint density at radius 1 is 0.703 bits per heavy atom. The molecule has 0 N–H and O–H groups in total. The molecule has 6 heteroatoms. The van der Waals surface area contributed by atoms with Crippen molar-refractivity contribution in [2.45, 2.75) is 13.8 Å². The first-order valence-electron chi connectivity index (χ1n) is 12.2. The topological polar surface area (TPSA) is 71.1 Å². The van der Waals surface area contributed by atoms with Gasteiger partial charge in [0.15, 0.2) is 0 Å². The maximum Gasteiger partial charge on any atom is 0.330 e. The van der Waals surface area contributed by atoms with E-state index in [2.05, 4.69) is 0 Å². The summed E-state index contributed by atoms with van der Waals surface area (Å²) in [5, 5.41) is 4.03. The summed E-state index contributed by atoms with van der Waals surface area (Å²) in [6.45, 7) is 4.35. The third-order valence-corrected chi connectivity index (χ3v) is 6.09. The van der Waals surface area contributed by atoms with Crippen LogP contribution >= 0.6 is 0 Å². The minimum absolute atomic E-state index is 0.109. The van der Waals surface area contributed by atoms with Crippen molar-refractivity contribution in [3.8, 4) is 22.6 Å². The standard InChI is InChI=1S/C31H26O6/c1-3-34-28(32)15-7-20-5-11-24-22(17-20)9-13-26-30(24)31-25-12-6-21(8-16-29(33)35-4-2)18-23(25)10-14-27(31)37-19-36-26/h5-18H,3-4,19H2,1-2H3/b15-7+,16-8+. The summed E-state index contributed by atoms with van der Waals surface area (Å²) >= 11 is 0. The van der Waals surface area contributed by atoms with Gasteiger partial charge in [0.05, 0.1) is 13.2 Å². The van der Waals surface area contributed by atoms with Gasteiger partial charge >= 0.3 is 11.9 Å². The molecular weight excluding hydrogens is 468 g/mol. The Morgan fingerprint density at radius 3 is 1.59 bits per heavy atom. The van der Waals surface area contributed by atoms with Crippen LogP contribution in [0.4, 0.5) is 0 Å². The largest absolute Gasteiger partial charge is 0.463 e. The Hall–Kier alpha value is -4.58. The molecule has 0 atom stereocenters. The Kier molecular flexibility index (Phi) is 6.90. The van der Waals surface area contributed by atoms with Gasteiger partial charge in [-0.15, -0.1) is 0 Å². The lowest BCUT2D eigenvalue weighted by Crippen LogP contribution is -2.03. The zero-order valence-electron chi connectivity index (χ0n) is 20.7. The molecule has 1 aliphatic heterocycles.